The van der Waals surface area contributed by atoms with Gasteiger partial charge in [-0.05, 0) is 30.3 Å². The van der Waals surface area contributed by atoms with Crippen LogP contribution in [0.3, 0.4) is 0 Å². The van der Waals surface area contributed by atoms with Crippen LogP contribution in [0.2, 0.25) is 5.02 Å². The van der Waals surface area contributed by atoms with E-state index >= 15 is 0 Å². The SMILES string of the molecule is CCc1ccc(C(N)c2cc(Cl)ccc2OC)o1. The average molecular weight is 266 g/mol. The fraction of sp³-hybridized carbons (Fsp3) is 0.286. The second kappa shape index (κ2) is 5.46. The van der Waals surface area contributed by atoms with E-state index in [1.165, 1.54) is 0 Å². The standard InChI is InChI=1S/C14H16ClNO2/c1-3-10-5-7-13(18-10)14(16)11-8-9(15)4-6-12(11)17-2/h4-8,14H,3,16H2,1-2H3. The maximum absolute atomic E-state index is 6.20. The Morgan fingerprint density at radius 2 is 2.11 bits per heavy atom. The van der Waals surface area contributed by atoms with Gasteiger partial charge in [0, 0.05) is 17.0 Å². The highest BCUT2D eigenvalue weighted by Crippen LogP contribution is 2.31. The normalized spacial score (nSPS) is 12.4. The zero-order valence-corrected chi connectivity index (χ0v) is 11.2. The Kier molecular flexibility index (Phi) is 3.94. The molecular weight excluding hydrogens is 250 g/mol. The number of halogens is 1. The van der Waals surface area contributed by atoms with Crippen molar-refractivity contribution in [2.75, 3.05) is 7.11 Å². The number of hydrogen-bond acceptors (Lipinski definition) is 3. The predicted octanol–water partition coefficient (Wildman–Crippen LogP) is 3.55. The smallest absolute Gasteiger partial charge is 0.125 e. The van der Waals surface area contributed by atoms with Crippen LogP contribution in [0.5, 0.6) is 5.75 Å². The monoisotopic (exact) mass is 265 g/mol. The van der Waals surface area contributed by atoms with Gasteiger partial charge < -0.3 is 14.9 Å². The highest BCUT2D eigenvalue weighted by molar-refractivity contribution is 6.30. The van der Waals surface area contributed by atoms with Crippen LogP contribution in [-0.2, 0) is 6.42 Å². The number of hydrogen-bond donors (Lipinski definition) is 1. The van der Waals surface area contributed by atoms with Gasteiger partial charge in [0.25, 0.3) is 0 Å². The molecule has 0 fully saturated rings. The average Bonchev–Trinajstić information content (AvgIpc) is 2.86. The van der Waals surface area contributed by atoms with Crippen molar-refractivity contribution in [3.63, 3.8) is 0 Å². The Morgan fingerprint density at radius 1 is 1.33 bits per heavy atom. The van der Waals surface area contributed by atoms with Gasteiger partial charge in [-0.1, -0.05) is 18.5 Å². The number of nitrogens with two attached hydrogens (primary N) is 1. The van der Waals surface area contributed by atoms with Gasteiger partial charge in [0.2, 0.25) is 0 Å². The maximum atomic E-state index is 6.20. The van der Waals surface area contributed by atoms with E-state index in [2.05, 4.69) is 0 Å². The third kappa shape index (κ3) is 2.52. The Hall–Kier alpha value is -1.45. The Morgan fingerprint density at radius 3 is 2.72 bits per heavy atom. The van der Waals surface area contributed by atoms with Crippen LogP contribution in [0.1, 0.15) is 30.0 Å². The molecule has 0 spiro atoms. The Balaban J connectivity index is 2.38. The molecule has 4 heteroatoms. The number of aryl methyl sites for hydroxylation is 1. The summed E-state index contributed by atoms with van der Waals surface area (Å²) in [7, 11) is 1.61. The van der Waals surface area contributed by atoms with Gasteiger partial charge in [0.15, 0.2) is 0 Å². The minimum Gasteiger partial charge on any atom is -0.496 e. The molecule has 2 N–H and O–H groups in total. The summed E-state index contributed by atoms with van der Waals surface area (Å²) in [6, 6.07) is 8.84. The third-order valence-electron chi connectivity index (χ3n) is 2.86. The molecule has 3 nitrogen and oxygen atoms in total. The second-order valence-electron chi connectivity index (χ2n) is 4.02. The first-order valence-electron chi connectivity index (χ1n) is 5.83. The molecule has 0 aliphatic heterocycles. The van der Waals surface area contributed by atoms with Crippen molar-refractivity contribution in [1.82, 2.24) is 0 Å². The molecule has 0 amide bonds. The third-order valence-corrected chi connectivity index (χ3v) is 3.10. The van der Waals surface area contributed by atoms with Crippen LogP contribution >= 0.6 is 11.6 Å². The molecule has 1 unspecified atom stereocenters. The molecule has 1 aromatic heterocycles. The minimum atomic E-state index is -0.376. The van der Waals surface area contributed by atoms with Crippen LogP contribution < -0.4 is 10.5 Å². The minimum absolute atomic E-state index is 0.376. The summed E-state index contributed by atoms with van der Waals surface area (Å²) in [5, 5.41) is 0.628. The van der Waals surface area contributed by atoms with Crippen molar-refractivity contribution in [2.45, 2.75) is 19.4 Å². The van der Waals surface area contributed by atoms with Gasteiger partial charge in [-0.25, -0.2) is 0 Å². The van der Waals surface area contributed by atoms with Gasteiger partial charge in [-0.2, -0.15) is 0 Å². The summed E-state index contributed by atoms with van der Waals surface area (Å²) in [4.78, 5) is 0. The lowest BCUT2D eigenvalue weighted by atomic mass is 10.0. The van der Waals surface area contributed by atoms with E-state index in [-0.39, 0.29) is 6.04 Å². The van der Waals surface area contributed by atoms with Crippen molar-refractivity contribution in [3.8, 4) is 5.75 Å². The molecule has 0 saturated carbocycles. The lowest BCUT2D eigenvalue weighted by molar-refractivity contribution is 0.400. The molecule has 1 heterocycles. The molecule has 0 saturated heterocycles. The summed E-state index contributed by atoms with van der Waals surface area (Å²) in [6.07, 6.45) is 0.847. The summed E-state index contributed by atoms with van der Waals surface area (Å²) in [5.74, 6) is 2.34. The second-order valence-corrected chi connectivity index (χ2v) is 4.46. The topological polar surface area (TPSA) is 48.4 Å². The molecule has 18 heavy (non-hydrogen) atoms. The number of benzene rings is 1. The van der Waals surface area contributed by atoms with Gasteiger partial charge >= 0.3 is 0 Å². The Bertz CT molecular complexity index is 536. The molecule has 0 bridgehead atoms. The van der Waals surface area contributed by atoms with Crippen molar-refractivity contribution < 1.29 is 9.15 Å². The molecule has 1 aromatic carbocycles. The highest BCUT2D eigenvalue weighted by Gasteiger charge is 2.17. The quantitative estimate of drug-likeness (QED) is 0.920. The van der Waals surface area contributed by atoms with E-state index in [4.69, 9.17) is 26.5 Å². The van der Waals surface area contributed by atoms with Crippen LogP contribution in [0, 0.1) is 0 Å². The zero-order chi connectivity index (χ0) is 13.1. The lowest BCUT2D eigenvalue weighted by Crippen LogP contribution is -2.12. The van der Waals surface area contributed by atoms with Crippen molar-refractivity contribution >= 4 is 11.6 Å². The van der Waals surface area contributed by atoms with Crippen LogP contribution in [0.15, 0.2) is 34.7 Å². The van der Waals surface area contributed by atoms with E-state index in [1.54, 1.807) is 25.3 Å². The first kappa shape index (κ1) is 13.0. The van der Waals surface area contributed by atoms with Crippen LogP contribution in [0.25, 0.3) is 0 Å². The maximum Gasteiger partial charge on any atom is 0.125 e. The van der Waals surface area contributed by atoms with Gasteiger partial charge in [0.05, 0.1) is 13.2 Å². The highest BCUT2D eigenvalue weighted by atomic mass is 35.5. The molecule has 2 aromatic rings. The molecule has 0 aliphatic rings. The zero-order valence-electron chi connectivity index (χ0n) is 10.4. The molecule has 96 valence electrons. The van der Waals surface area contributed by atoms with Crippen molar-refractivity contribution in [1.29, 1.82) is 0 Å². The van der Waals surface area contributed by atoms with Crippen molar-refractivity contribution in [2.24, 2.45) is 5.73 Å². The fourth-order valence-corrected chi connectivity index (χ4v) is 2.03. The molecule has 0 radical (unpaired) electrons. The fourth-order valence-electron chi connectivity index (χ4n) is 1.85. The summed E-state index contributed by atoms with van der Waals surface area (Å²) < 4.78 is 11.0. The van der Waals surface area contributed by atoms with E-state index in [1.807, 2.05) is 19.1 Å². The van der Waals surface area contributed by atoms with Gasteiger partial charge in [0.1, 0.15) is 17.3 Å². The first-order chi connectivity index (χ1) is 8.65. The van der Waals surface area contributed by atoms with Gasteiger partial charge in [-0.15, -0.1) is 0 Å². The number of furan rings is 1. The lowest BCUT2D eigenvalue weighted by Gasteiger charge is -2.14. The summed E-state index contributed by atoms with van der Waals surface area (Å²) >= 11 is 6.00. The summed E-state index contributed by atoms with van der Waals surface area (Å²) in [5.41, 5.74) is 7.02. The molecular formula is C14H16ClNO2. The Labute approximate surface area is 111 Å². The predicted molar refractivity (Wildman–Crippen MR) is 72.1 cm³/mol. The molecule has 2 rings (SSSR count). The van der Waals surface area contributed by atoms with Crippen LogP contribution in [0.4, 0.5) is 0 Å². The largest absolute Gasteiger partial charge is 0.496 e. The molecule has 0 aliphatic carbocycles. The molecule has 1 atom stereocenters. The first-order valence-corrected chi connectivity index (χ1v) is 6.21. The number of ether oxygens (including phenoxy) is 1. The van der Waals surface area contributed by atoms with E-state index in [0.717, 1.165) is 17.7 Å². The van der Waals surface area contributed by atoms with Gasteiger partial charge in [-0.3, -0.25) is 0 Å². The van der Waals surface area contributed by atoms with Crippen molar-refractivity contribution in [3.05, 3.63) is 52.4 Å². The van der Waals surface area contributed by atoms with E-state index in [0.29, 0.717) is 16.5 Å². The number of rotatable bonds is 4. The van der Waals surface area contributed by atoms with E-state index < -0.39 is 0 Å². The van der Waals surface area contributed by atoms with Crippen LogP contribution in [-0.4, -0.2) is 7.11 Å². The summed E-state index contributed by atoms with van der Waals surface area (Å²) in [6.45, 7) is 2.04. The van der Waals surface area contributed by atoms with E-state index in [9.17, 15) is 0 Å². The number of methoxy groups -OCH3 is 1.